The molecule has 0 fully saturated rings. The van der Waals surface area contributed by atoms with E-state index in [2.05, 4.69) is 25.5 Å². The predicted molar refractivity (Wildman–Crippen MR) is 86.4 cm³/mol. The first kappa shape index (κ1) is 14.1. The molecular weight excluding hydrogens is 332 g/mol. The average Bonchev–Trinajstić information content (AvgIpc) is 2.86. The van der Waals surface area contributed by atoms with Crippen LogP contribution >= 0.6 is 15.9 Å². The molecule has 0 aliphatic heterocycles. The van der Waals surface area contributed by atoms with Crippen LogP contribution in [0, 0.1) is 0 Å². The number of nitrogens with zero attached hydrogens (tertiary/aromatic N) is 2. The highest BCUT2D eigenvalue weighted by Crippen LogP contribution is 2.31. The zero-order valence-electron chi connectivity index (χ0n) is 11.6. The number of aromatic nitrogens is 2. The van der Waals surface area contributed by atoms with Gasteiger partial charge >= 0.3 is 0 Å². The SMILES string of the molecule is COCCn1c(-c2ccc(Br)c(O)c2)nc2ccccc21. The van der Waals surface area contributed by atoms with E-state index in [1.54, 1.807) is 13.2 Å². The molecule has 0 saturated heterocycles. The monoisotopic (exact) mass is 346 g/mol. The van der Waals surface area contributed by atoms with Gasteiger partial charge in [-0.2, -0.15) is 0 Å². The summed E-state index contributed by atoms with van der Waals surface area (Å²) in [5, 5.41) is 9.89. The lowest BCUT2D eigenvalue weighted by molar-refractivity contribution is 0.188. The van der Waals surface area contributed by atoms with Crippen molar-refractivity contribution in [1.29, 1.82) is 0 Å². The summed E-state index contributed by atoms with van der Waals surface area (Å²) in [6, 6.07) is 13.5. The number of ether oxygens (including phenoxy) is 1. The normalized spacial score (nSPS) is 11.1. The molecular formula is C16H15BrN2O2. The molecule has 0 unspecified atom stereocenters. The Bertz CT molecular complexity index is 783. The van der Waals surface area contributed by atoms with Crippen molar-refractivity contribution in [2.75, 3.05) is 13.7 Å². The van der Waals surface area contributed by atoms with Crippen LogP contribution in [0.3, 0.4) is 0 Å². The highest BCUT2D eigenvalue weighted by molar-refractivity contribution is 9.10. The minimum Gasteiger partial charge on any atom is -0.507 e. The predicted octanol–water partition coefficient (Wildman–Crippen LogP) is 3.82. The van der Waals surface area contributed by atoms with E-state index in [1.165, 1.54) is 0 Å². The van der Waals surface area contributed by atoms with Crippen LogP contribution in [0.1, 0.15) is 0 Å². The van der Waals surface area contributed by atoms with Gasteiger partial charge in [-0.15, -0.1) is 0 Å². The first-order valence-corrected chi connectivity index (χ1v) is 7.43. The molecule has 0 saturated carbocycles. The van der Waals surface area contributed by atoms with E-state index in [4.69, 9.17) is 4.74 Å². The van der Waals surface area contributed by atoms with E-state index >= 15 is 0 Å². The molecule has 108 valence electrons. The summed E-state index contributed by atoms with van der Waals surface area (Å²) in [7, 11) is 1.68. The molecule has 21 heavy (non-hydrogen) atoms. The summed E-state index contributed by atoms with van der Waals surface area (Å²) in [6.45, 7) is 1.32. The van der Waals surface area contributed by atoms with Crippen LogP contribution in [0.2, 0.25) is 0 Å². The molecule has 0 bridgehead atoms. The number of fused-ring (bicyclic) bond motifs is 1. The van der Waals surface area contributed by atoms with Gasteiger partial charge in [0.25, 0.3) is 0 Å². The molecule has 1 N–H and O–H groups in total. The molecule has 0 radical (unpaired) electrons. The van der Waals surface area contributed by atoms with Crippen molar-refractivity contribution in [2.45, 2.75) is 6.54 Å². The van der Waals surface area contributed by atoms with E-state index in [0.29, 0.717) is 17.6 Å². The first-order valence-electron chi connectivity index (χ1n) is 6.64. The van der Waals surface area contributed by atoms with Crippen LogP contribution in [0.15, 0.2) is 46.9 Å². The maximum Gasteiger partial charge on any atom is 0.141 e. The van der Waals surface area contributed by atoms with Gasteiger partial charge in [-0.1, -0.05) is 12.1 Å². The van der Waals surface area contributed by atoms with E-state index in [9.17, 15) is 5.11 Å². The summed E-state index contributed by atoms with van der Waals surface area (Å²) in [5.74, 6) is 1.04. The number of hydrogen-bond donors (Lipinski definition) is 1. The Kier molecular flexibility index (Phi) is 3.94. The van der Waals surface area contributed by atoms with Gasteiger partial charge in [0, 0.05) is 19.2 Å². The maximum absolute atomic E-state index is 9.89. The smallest absolute Gasteiger partial charge is 0.141 e. The molecule has 0 aliphatic rings. The van der Waals surface area contributed by atoms with Crippen molar-refractivity contribution in [3.8, 4) is 17.1 Å². The summed E-state index contributed by atoms with van der Waals surface area (Å²) in [6.07, 6.45) is 0. The fraction of sp³-hybridized carbons (Fsp3) is 0.188. The maximum atomic E-state index is 9.89. The molecule has 0 spiro atoms. The van der Waals surface area contributed by atoms with Crippen molar-refractivity contribution in [3.05, 3.63) is 46.9 Å². The van der Waals surface area contributed by atoms with Crippen molar-refractivity contribution in [3.63, 3.8) is 0 Å². The molecule has 1 aromatic heterocycles. The number of rotatable bonds is 4. The summed E-state index contributed by atoms with van der Waals surface area (Å²) in [4.78, 5) is 4.69. The molecule has 3 aromatic rings. The van der Waals surface area contributed by atoms with E-state index in [1.807, 2.05) is 36.4 Å². The fourth-order valence-electron chi connectivity index (χ4n) is 2.36. The van der Waals surface area contributed by atoms with Crippen LogP contribution < -0.4 is 0 Å². The van der Waals surface area contributed by atoms with Gasteiger partial charge in [-0.25, -0.2) is 4.98 Å². The number of benzene rings is 2. The molecule has 0 atom stereocenters. The van der Waals surface area contributed by atoms with E-state index < -0.39 is 0 Å². The number of para-hydroxylation sites is 2. The van der Waals surface area contributed by atoms with Gasteiger partial charge < -0.3 is 14.4 Å². The van der Waals surface area contributed by atoms with Crippen LogP contribution in [-0.2, 0) is 11.3 Å². The van der Waals surface area contributed by atoms with Crippen LogP contribution in [-0.4, -0.2) is 28.4 Å². The number of aromatic hydroxyl groups is 1. The number of hydrogen-bond acceptors (Lipinski definition) is 3. The first-order chi connectivity index (χ1) is 10.2. The van der Waals surface area contributed by atoms with Crippen molar-refractivity contribution >= 4 is 27.0 Å². The minimum absolute atomic E-state index is 0.206. The second kappa shape index (κ2) is 5.87. The number of imidazole rings is 1. The lowest BCUT2D eigenvalue weighted by Crippen LogP contribution is -2.05. The molecule has 2 aromatic carbocycles. The largest absolute Gasteiger partial charge is 0.507 e. The van der Waals surface area contributed by atoms with Crippen molar-refractivity contribution < 1.29 is 9.84 Å². The van der Waals surface area contributed by atoms with Gasteiger partial charge in [-0.3, -0.25) is 0 Å². The fourth-order valence-corrected chi connectivity index (χ4v) is 2.60. The van der Waals surface area contributed by atoms with Crippen molar-refractivity contribution in [2.24, 2.45) is 0 Å². The minimum atomic E-state index is 0.206. The zero-order valence-corrected chi connectivity index (χ0v) is 13.2. The molecule has 5 heteroatoms. The Balaban J connectivity index is 2.17. The van der Waals surface area contributed by atoms with Crippen LogP contribution in [0.25, 0.3) is 22.4 Å². The van der Waals surface area contributed by atoms with Crippen LogP contribution in [0.4, 0.5) is 0 Å². The van der Waals surface area contributed by atoms with E-state index in [-0.39, 0.29) is 5.75 Å². The average molecular weight is 347 g/mol. The van der Waals surface area contributed by atoms with Gasteiger partial charge in [0.05, 0.1) is 22.1 Å². The summed E-state index contributed by atoms with van der Waals surface area (Å²) in [5.41, 5.74) is 2.88. The third kappa shape index (κ3) is 2.66. The highest BCUT2D eigenvalue weighted by atomic mass is 79.9. The second-order valence-electron chi connectivity index (χ2n) is 4.73. The lowest BCUT2D eigenvalue weighted by Gasteiger charge is -2.09. The molecule has 0 amide bonds. The molecule has 1 heterocycles. The summed E-state index contributed by atoms with van der Waals surface area (Å²) < 4.78 is 7.98. The third-order valence-electron chi connectivity index (χ3n) is 3.38. The molecule has 0 aliphatic carbocycles. The molecule has 4 nitrogen and oxygen atoms in total. The van der Waals surface area contributed by atoms with Crippen LogP contribution in [0.5, 0.6) is 5.75 Å². The number of methoxy groups -OCH3 is 1. The Labute approximate surface area is 131 Å². The Hall–Kier alpha value is -1.85. The Morgan fingerprint density at radius 1 is 1.24 bits per heavy atom. The van der Waals surface area contributed by atoms with E-state index in [0.717, 1.165) is 22.4 Å². The lowest BCUT2D eigenvalue weighted by atomic mass is 10.2. The van der Waals surface area contributed by atoms with Gasteiger partial charge in [0.2, 0.25) is 0 Å². The molecule has 3 rings (SSSR count). The van der Waals surface area contributed by atoms with Gasteiger partial charge in [0.1, 0.15) is 11.6 Å². The number of phenolic OH excluding ortho intramolecular Hbond substituents is 1. The number of halogens is 1. The number of phenols is 1. The second-order valence-corrected chi connectivity index (χ2v) is 5.59. The summed E-state index contributed by atoms with van der Waals surface area (Å²) >= 11 is 3.30. The van der Waals surface area contributed by atoms with Gasteiger partial charge in [0.15, 0.2) is 0 Å². The topological polar surface area (TPSA) is 47.3 Å². The quantitative estimate of drug-likeness (QED) is 0.781. The highest BCUT2D eigenvalue weighted by Gasteiger charge is 2.13. The standard InChI is InChI=1S/C16H15BrN2O2/c1-21-9-8-19-14-5-3-2-4-13(14)18-16(19)11-6-7-12(17)15(20)10-11/h2-7,10,20H,8-9H2,1H3. The third-order valence-corrected chi connectivity index (χ3v) is 4.05. The van der Waals surface area contributed by atoms with Crippen molar-refractivity contribution in [1.82, 2.24) is 9.55 Å². The van der Waals surface area contributed by atoms with Gasteiger partial charge in [-0.05, 0) is 46.3 Å². The zero-order chi connectivity index (χ0) is 14.8. The Morgan fingerprint density at radius 3 is 2.81 bits per heavy atom. The Morgan fingerprint density at radius 2 is 2.05 bits per heavy atom.